The number of thioether (sulfide) groups is 1. The maximum atomic E-state index is 3.95. The Morgan fingerprint density at radius 1 is 1.67 bits per heavy atom. The van der Waals surface area contributed by atoms with Gasteiger partial charge in [0.15, 0.2) is 5.17 Å². The Morgan fingerprint density at radius 2 is 2.33 bits per heavy atom. The number of rotatable bonds is 1. The van der Waals surface area contributed by atoms with Gasteiger partial charge in [0, 0.05) is 6.20 Å². The van der Waals surface area contributed by atoms with E-state index in [4.69, 9.17) is 0 Å². The smallest absolute Gasteiger partial charge is 0.186 e. The van der Waals surface area contributed by atoms with Gasteiger partial charge in [-0.3, -0.25) is 0 Å². The van der Waals surface area contributed by atoms with E-state index in [1.165, 1.54) is 11.8 Å². The molecule has 0 aliphatic rings. The molecule has 0 unspecified atom stereocenters. The first-order valence-electron chi connectivity index (χ1n) is 2.54. The summed E-state index contributed by atoms with van der Waals surface area (Å²) >= 11 is 1.48. The lowest BCUT2D eigenvalue weighted by Gasteiger charge is -1.87. The lowest BCUT2D eigenvalue weighted by molar-refractivity contribution is 1.51. The fourth-order valence-electron chi connectivity index (χ4n) is 0.296. The summed E-state index contributed by atoms with van der Waals surface area (Å²) < 4.78 is 0. The Hall–Kier alpha value is -0.570. The molecule has 0 aliphatic carbocycles. The van der Waals surface area contributed by atoms with Crippen LogP contribution in [0.2, 0.25) is 0 Å². The number of nitrogens with zero attached hydrogens (tertiary/aromatic N) is 2. The van der Waals surface area contributed by atoms with Gasteiger partial charge in [-0.05, 0) is 19.9 Å². The molecular weight excluding hydrogens is 132 g/mol. The van der Waals surface area contributed by atoms with Crippen molar-refractivity contribution < 1.29 is 0 Å². The second-order valence-electron chi connectivity index (χ2n) is 1.26. The fraction of sp³-hybridized carbons (Fsp3) is 0.333. The van der Waals surface area contributed by atoms with Crippen LogP contribution < -0.4 is 0 Å². The first-order valence-corrected chi connectivity index (χ1v) is 3.77. The van der Waals surface area contributed by atoms with Gasteiger partial charge >= 0.3 is 0 Å². The van der Waals surface area contributed by atoms with Gasteiger partial charge in [-0.15, -0.1) is 0 Å². The molecule has 2 nitrogen and oxygen atoms in total. The van der Waals surface area contributed by atoms with Crippen molar-refractivity contribution in [2.45, 2.75) is 6.92 Å². The van der Waals surface area contributed by atoms with E-state index >= 15 is 0 Å². The van der Waals surface area contributed by atoms with E-state index in [0.29, 0.717) is 5.17 Å². The van der Waals surface area contributed by atoms with Gasteiger partial charge in [-0.2, -0.15) is 0 Å². The molecule has 0 amide bonds. The first kappa shape index (κ1) is 8.43. The zero-order valence-corrected chi connectivity index (χ0v) is 6.48. The summed E-state index contributed by atoms with van der Waals surface area (Å²) in [4.78, 5) is 7.60. The standard InChI is InChI=1S/C6H10N2S/c1-4-5-8-6(7-2)9-3/h4-5H,2H2,1,3H3/b5-4-,8-6?. The molecule has 0 atom stereocenters. The van der Waals surface area contributed by atoms with Gasteiger partial charge in [0.25, 0.3) is 0 Å². The zero-order chi connectivity index (χ0) is 7.11. The highest BCUT2D eigenvalue weighted by molar-refractivity contribution is 8.13. The van der Waals surface area contributed by atoms with Gasteiger partial charge in [0.05, 0.1) is 0 Å². The van der Waals surface area contributed by atoms with Crippen LogP contribution in [-0.4, -0.2) is 18.1 Å². The minimum Gasteiger partial charge on any atom is -0.239 e. The minimum atomic E-state index is 0.702. The molecule has 0 radical (unpaired) electrons. The molecule has 3 heteroatoms. The Labute approximate surface area is 59.8 Å². The van der Waals surface area contributed by atoms with Crippen molar-refractivity contribution in [1.29, 1.82) is 0 Å². The van der Waals surface area contributed by atoms with Gasteiger partial charge in [-0.1, -0.05) is 17.8 Å². The molecule has 0 aromatic rings. The molecule has 0 saturated heterocycles. The van der Waals surface area contributed by atoms with E-state index in [1.54, 1.807) is 6.20 Å². The highest BCUT2D eigenvalue weighted by atomic mass is 32.2. The fourth-order valence-corrected chi connectivity index (χ4v) is 0.592. The summed E-state index contributed by atoms with van der Waals surface area (Å²) in [7, 11) is 0. The molecule has 0 saturated carbocycles. The molecule has 0 heterocycles. The highest BCUT2D eigenvalue weighted by Gasteiger charge is 1.84. The summed E-state index contributed by atoms with van der Waals surface area (Å²) in [5.41, 5.74) is 0. The molecule has 0 rings (SSSR count). The number of amidine groups is 1. The molecule has 0 fully saturated rings. The van der Waals surface area contributed by atoms with E-state index in [9.17, 15) is 0 Å². The Bertz CT molecular complexity index is 138. The lowest BCUT2D eigenvalue weighted by atomic mass is 10.7. The zero-order valence-electron chi connectivity index (χ0n) is 5.66. The van der Waals surface area contributed by atoms with Crippen LogP contribution in [0.4, 0.5) is 0 Å². The van der Waals surface area contributed by atoms with Crippen LogP contribution in [0.5, 0.6) is 0 Å². The third kappa shape index (κ3) is 3.97. The lowest BCUT2D eigenvalue weighted by Crippen LogP contribution is -1.80. The predicted octanol–water partition coefficient (Wildman–Crippen LogP) is 1.94. The normalized spacial score (nSPS) is 12.4. The molecule has 0 aromatic heterocycles. The number of aliphatic imine (C=N–C) groups is 2. The van der Waals surface area contributed by atoms with Crippen LogP contribution in [0, 0.1) is 0 Å². The first-order chi connectivity index (χ1) is 4.35. The summed E-state index contributed by atoms with van der Waals surface area (Å²) in [6.45, 7) is 5.26. The van der Waals surface area contributed by atoms with Crippen molar-refractivity contribution in [1.82, 2.24) is 0 Å². The van der Waals surface area contributed by atoms with Gasteiger partial charge in [0.2, 0.25) is 0 Å². The van der Waals surface area contributed by atoms with Crippen molar-refractivity contribution in [3.8, 4) is 0 Å². The van der Waals surface area contributed by atoms with Gasteiger partial charge in [0.1, 0.15) is 0 Å². The molecule has 0 spiro atoms. The van der Waals surface area contributed by atoms with Crippen molar-refractivity contribution in [3.63, 3.8) is 0 Å². The van der Waals surface area contributed by atoms with Crippen molar-refractivity contribution in [2.24, 2.45) is 9.98 Å². The van der Waals surface area contributed by atoms with Crippen LogP contribution >= 0.6 is 11.8 Å². The van der Waals surface area contributed by atoms with Crippen molar-refractivity contribution in [2.75, 3.05) is 6.26 Å². The highest BCUT2D eigenvalue weighted by Crippen LogP contribution is 1.98. The molecule has 0 bridgehead atoms. The summed E-state index contributed by atoms with van der Waals surface area (Å²) in [5, 5.41) is 0.702. The Balaban J connectivity index is 3.90. The van der Waals surface area contributed by atoms with E-state index in [1.807, 2.05) is 19.3 Å². The summed E-state index contributed by atoms with van der Waals surface area (Å²) in [6, 6.07) is 0. The third-order valence-electron chi connectivity index (χ3n) is 0.652. The van der Waals surface area contributed by atoms with Crippen LogP contribution in [0.3, 0.4) is 0 Å². The van der Waals surface area contributed by atoms with Crippen molar-refractivity contribution in [3.05, 3.63) is 12.3 Å². The van der Waals surface area contributed by atoms with E-state index in [-0.39, 0.29) is 0 Å². The van der Waals surface area contributed by atoms with Crippen LogP contribution in [0.1, 0.15) is 6.92 Å². The predicted molar refractivity (Wildman–Crippen MR) is 45.3 cm³/mol. The largest absolute Gasteiger partial charge is 0.239 e. The quantitative estimate of drug-likeness (QED) is 0.405. The number of allylic oxidation sites excluding steroid dienone is 1. The van der Waals surface area contributed by atoms with Gasteiger partial charge in [-0.25, -0.2) is 9.98 Å². The second kappa shape index (κ2) is 5.56. The average molecular weight is 142 g/mol. The Kier molecular flexibility index (Phi) is 5.21. The van der Waals surface area contributed by atoms with Gasteiger partial charge < -0.3 is 0 Å². The Morgan fingerprint density at radius 3 is 2.67 bits per heavy atom. The molecule has 50 valence electrons. The summed E-state index contributed by atoms with van der Waals surface area (Å²) in [6.07, 6.45) is 5.46. The maximum Gasteiger partial charge on any atom is 0.186 e. The number of hydrogen-bond acceptors (Lipinski definition) is 2. The monoisotopic (exact) mass is 142 g/mol. The van der Waals surface area contributed by atoms with E-state index < -0.39 is 0 Å². The molecule has 9 heavy (non-hydrogen) atoms. The SMILES string of the molecule is C=NC(=N/C=C\C)SC. The maximum absolute atomic E-state index is 3.95. The number of hydrogen-bond donors (Lipinski definition) is 0. The van der Waals surface area contributed by atoms with Crippen LogP contribution in [-0.2, 0) is 0 Å². The van der Waals surface area contributed by atoms with Crippen LogP contribution in [0.15, 0.2) is 22.3 Å². The van der Waals surface area contributed by atoms with E-state index in [0.717, 1.165) is 0 Å². The van der Waals surface area contributed by atoms with Crippen LogP contribution in [0.25, 0.3) is 0 Å². The van der Waals surface area contributed by atoms with Crippen molar-refractivity contribution >= 4 is 23.6 Å². The topological polar surface area (TPSA) is 24.7 Å². The molecule has 0 aliphatic heterocycles. The minimum absolute atomic E-state index is 0.702. The second-order valence-corrected chi connectivity index (χ2v) is 2.03. The third-order valence-corrected chi connectivity index (χ3v) is 1.25. The summed E-state index contributed by atoms with van der Waals surface area (Å²) in [5.74, 6) is 0. The average Bonchev–Trinajstić information content (AvgIpc) is 1.91. The van der Waals surface area contributed by atoms with E-state index in [2.05, 4.69) is 16.7 Å². The molecule has 0 aromatic carbocycles. The molecule has 0 N–H and O–H groups in total. The molecular formula is C6H10N2S.